The third-order valence-corrected chi connectivity index (χ3v) is 3.67. The van der Waals surface area contributed by atoms with E-state index >= 15 is 0 Å². The van der Waals surface area contributed by atoms with E-state index in [-0.39, 0.29) is 19.2 Å². The van der Waals surface area contributed by atoms with E-state index in [9.17, 15) is 9.59 Å². The number of carbonyl (C=O) groups is 2. The van der Waals surface area contributed by atoms with Gasteiger partial charge < -0.3 is 14.7 Å². The molecule has 0 spiro atoms. The molecule has 1 aliphatic heterocycles. The maximum Gasteiger partial charge on any atom is 0.410 e. The van der Waals surface area contributed by atoms with Gasteiger partial charge in [0.1, 0.15) is 6.61 Å². The minimum Gasteiger partial charge on any atom is -0.481 e. The average Bonchev–Trinajstić information content (AvgIpc) is 2.46. The van der Waals surface area contributed by atoms with Crippen LogP contribution in [-0.4, -0.2) is 34.7 Å². The lowest BCUT2D eigenvalue weighted by Crippen LogP contribution is -2.47. The first-order valence-corrected chi connectivity index (χ1v) is 6.78. The molecule has 2 rings (SSSR count). The van der Waals surface area contributed by atoms with Crippen LogP contribution in [0.5, 0.6) is 0 Å². The van der Waals surface area contributed by atoms with Crippen molar-refractivity contribution in [2.24, 2.45) is 5.92 Å². The molecule has 0 bridgehead atoms. The summed E-state index contributed by atoms with van der Waals surface area (Å²) < 4.78 is 5.26. The van der Waals surface area contributed by atoms with E-state index < -0.39 is 18.0 Å². The number of carboxylic acids is 1. The van der Waals surface area contributed by atoms with Crippen molar-refractivity contribution in [2.45, 2.75) is 32.4 Å². The molecule has 5 nitrogen and oxygen atoms in total. The smallest absolute Gasteiger partial charge is 0.410 e. The van der Waals surface area contributed by atoms with Gasteiger partial charge in [-0.2, -0.15) is 0 Å². The second-order valence-corrected chi connectivity index (χ2v) is 5.15. The fourth-order valence-electron chi connectivity index (χ4n) is 2.37. The van der Waals surface area contributed by atoms with E-state index in [0.29, 0.717) is 12.8 Å². The number of carboxylic acid groups (broad SMARTS) is 1. The molecule has 2 atom stereocenters. The number of piperidine rings is 1. The van der Waals surface area contributed by atoms with Crippen molar-refractivity contribution < 1.29 is 19.4 Å². The van der Waals surface area contributed by atoms with Crippen LogP contribution >= 0.6 is 0 Å². The highest BCUT2D eigenvalue weighted by molar-refractivity contribution is 5.73. The highest BCUT2D eigenvalue weighted by Crippen LogP contribution is 2.23. The Bertz CT molecular complexity index is 474. The summed E-state index contributed by atoms with van der Waals surface area (Å²) >= 11 is 0. The molecule has 0 radical (unpaired) electrons. The molecule has 1 heterocycles. The molecule has 20 heavy (non-hydrogen) atoms. The van der Waals surface area contributed by atoms with Crippen molar-refractivity contribution in [2.75, 3.05) is 6.54 Å². The van der Waals surface area contributed by atoms with Crippen LogP contribution in [0, 0.1) is 5.92 Å². The van der Waals surface area contributed by atoms with Crippen molar-refractivity contribution >= 4 is 12.1 Å². The minimum absolute atomic E-state index is 0.0221. The molecular weight excluding hydrogens is 258 g/mol. The Balaban J connectivity index is 1.91. The first-order chi connectivity index (χ1) is 9.58. The van der Waals surface area contributed by atoms with Gasteiger partial charge >= 0.3 is 12.1 Å². The van der Waals surface area contributed by atoms with E-state index in [4.69, 9.17) is 9.84 Å². The van der Waals surface area contributed by atoms with E-state index in [1.165, 1.54) is 4.90 Å². The molecular formula is C15H19NO4. The molecule has 5 heteroatoms. The summed E-state index contributed by atoms with van der Waals surface area (Å²) in [4.78, 5) is 24.6. The maximum absolute atomic E-state index is 12.1. The lowest BCUT2D eigenvalue weighted by Gasteiger charge is -2.35. The van der Waals surface area contributed by atoms with Crippen LogP contribution in [-0.2, 0) is 16.1 Å². The Hall–Kier alpha value is -2.04. The normalized spacial score (nSPS) is 22.4. The zero-order valence-corrected chi connectivity index (χ0v) is 11.5. The Morgan fingerprint density at radius 3 is 2.65 bits per heavy atom. The lowest BCUT2D eigenvalue weighted by molar-refractivity contribution is -0.143. The fraction of sp³-hybridized carbons (Fsp3) is 0.467. The van der Waals surface area contributed by atoms with Gasteiger partial charge in [0.25, 0.3) is 0 Å². The molecule has 0 aliphatic carbocycles. The van der Waals surface area contributed by atoms with Gasteiger partial charge in [-0.05, 0) is 25.3 Å². The fourth-order valence-corrected chi connectivity index (χ4v) is 2.37. The number of likely N-dealkylation sites (tertiary alicyclic amines) is 1. The van der Waals surface area contributed by atoms with Crippen LogP contribution in [0.2, 0.25) is 0 Å². The van der Waals surface area contributed by atoms with Gasteiger partial charge in [-0.1, -0.05) is 30.3 Å². The highest BCUT2D eigenvalue weighted by Gasteiger charge is 2.33. The van der Waals surface area contributed by atoms with E-state index in [0.717, 1.165) is 5.56 Å². The number of hydrogen-bond acceptors (Lipinski definition) is 3. The molecule has 0 unspecified atom stereocenters. The molecule has 1 aromatic carbocycles. The van der Waals surface area contributed by atoms with Crippen molar-refractivity contribution in [3.8, 4) is 0 Å². The van der Waals surface area contributed by atoms with Crippen molar-refractivity contribution in [3.63, 3.8) is 0 Å². The molecule has 0 saturated carbocycles. The zero-order valence-electron chi connectivity index (χ0n) is 11.5. The van der Waals surface area contributed by atoms with Crippen molar-refractivity contribution in [1.29, 1.82) is 0 Å². The predicted octanol–water partition coefficient (Wildman–Crippen LogP) is 2.51. The molecule has 1 amide bonds. The zero-order chi connectivity index (χ0) is 14.5. The summed E-state index contributed by atoms with van der Waals surface area (Å²) in [6, 6.07) is 9.45. The SMILES string of the molecule is C[C@H]1CC[C@H](C(=O)O)CN1C(=O)OCc1ccccc1. The van der Waals surface area contributed by atoms with Crippen LogP contribution in [0.1, 0.15) is 25.3 Å². The highest BCUT2D eigenvalue weighted by atomic mass is 16.6. The Kier molecular flexibility index (Phi) is 4.61. The number of hydrogen-bond donors (Lipinski definition) is 1. The monoisotopic (exact) mass is 277 g/mol. The van der Waals surface area contributed by atoms with Gasteiger partial charge in [0.05, 0.1) is 5.92 Å². The van der Waals surface area contributed by atoms with E-state index in [2.05, 4.69) is 0 Å². The Labute approximate surface area is 118 Å². The first kappa shape index (κ1) is 14.4. The van der Waals surface area contributed by atoms with Gasteiger partial charge in [0.2, 0.25) is 0 Å². The summed E-state index contributed by atoms with van der Waals surface area (Å²) in [6.45, 7) is 2.35. The summed E-state index contributed by atoms with van der Waals surface area (Å²) in [5.41, 5.74) is 0.917. The largest absolute Gasteiger partial charge is 0.481 e. The molecule has 1 saturated heterocycles. The maximum atomic E-state index is 12.1. The minimum atomic E-state index is -0.849. The molecule has 1 aliphatic rings. The number of ether oxygens (including phenoxy) is 1. The molecule has 108 valence electrons. The molecule has 1 fully saturated rings. The Morgan fingerprint density at radius 2 is 2.00 bits per heavy atom. The molecule has 1 N–H and O–H groups in total. The summed E-state index contributed by atoms with van der Waals surface area (Å²) in [5, 5.41) is 9.05. The average molecular weight is 277 g/mol. The number of carbonyl (C=O) groups excluding carboxylic acids is 1. The Morgan fingerprint density at radius 1 is 1.30 bits per heavy atom. The van der Waals surface area contributed by atoms with Crippen LogP contribution in [0.15, 0.2) is 30.3 Å². The second kappa shape index (κ2) is 6.41. The standard InChI is InChI=1S/C15H19NO4/c1-11-7-8-13(14(17)18)9-16(11)15(19)20-10-12-5-3-2-4-6-12/h2-6,11,13H,7-10H2,1H3,(H,17,18)/t11-,13-/m0/s1. The number of amides is 1. The summed E-state index contributed by atoms with van der Waals surface area (Å²) in [6.07, 6.45) is 0.864. The van der Waals surface area contributed by atoms with Gasteiger partial charge in [-0.25, -0.2) is 4.79 Å². The van der Waals surface area contributed by atoms with Crippen LogP contribution in [0.3, 0.4) is 0 Å². The second-order valence-electron chi connectivity index (χ2n) is 5.15. The van der Waals surface area contributed by atoms with Crippen LogP contribution in [0.25, 0.3) is 0 Å². The third-order valence-electron chi connectivity index (χ3n) is 3.67. The van der Waals surface area contributed by atoms with Crippen molar-refractivity contribution in [1.82, 2.24) is 4.90 Å². The van der Waals surface area contributed by atoms with Crippen LogP contribution < -0.4 is 0 Å². The molecule has 0 aromatic heterocycles. The van der Waals surface area contributed by atoms with E-state index in [1.807, 2.05) is 37.3 Å². The first-order valence-electron chi connectivity index (χ1n) is 6.78. The number of aliphatic carboxylic acids is 1. The third kappa shape index (κ3) is 3.50. The van der Waals surface area contributed by atoms with Crippen LogP contribution in [0.4, 0.5) is 4.79 Å². The van der Waals surface area contributed by atoms with Gasteiger partial charge in [0, 0.05) is 12.6 Å². The van der Waals surface area contributed by atoms with Crippen molar-refractivity contribution in [3.05, 3.63) is 35.9 Å². The topological polar surface area (TPSA) is 66.8 Å². The van der Waals surface area contributed by atoms with E-state index in [1.54, 1.807) is 0 Å². The summed E-state index contributed by atoms with van der Waals surface area (Å²) in [7, 11) is 0. The molecule has 1 aromatic rings. The van der Waals surface area contributed by atoms with Gasteiger partial charge in [-0.15, -0.1) is 0 Å². The number of benzene rings is 1. The quantitative estimate of drug-likeness (QED) is 0.921. The predicted molar refractivity (Wildman–Crippen MR) is 73.2 cm³/mol. The number of nitrogens with zero attached hydrogens (tertiary/aromatic N) is 1. The van der Waals surface area contributed by atoms with Gasteiger partial charge in [-0.3, -0.25) is 4.79 Å². The number of rotatable bonds is 3. The lowest BCUT2D eigenvalue weighted by atomic mass is 9.94. The van der Waals surface area contributed by atoms with Gasteiger partial charge in [0.15, 0.2) is 0 Å². The summed E-state index contributed by atoms with van der Waals surface area (Å²) in [5.74, 6) is -1.34.